The third-order valence-corrected chi connectivity index (χ3v) is 3.81. The number of anilines is 1. The fourth-order valence-electron chi connectivity index (χ4n) is 2.28. The van der Waals surface area contributed by atoms with Gasteiger partial charge in [0.05, 0.1) is 22.5 Å². The van der Waals surface area contributed by atoms with Gasteiger partial charge in [0.15, 0.2) is 0 Å². The molecule has 2 aromatic rings. The summed E-state index contributed by atoms with van der Waals surface area (Å²) in [6, 6.07) is 7.28. The number of hydrogen-bond donors (Lipinski definition) is 2. The maximum absolute atomic E-state index is 10.4. The summed E-state index contributed by atoms with van der Waals surface area (Å²) in [5, 5.41) is 15.5. The second-order valence-electron chi connectivity index (χ2n) is 4.77. The van der Waals surface area contributed by atoms with E-state index >= 15 is 0 Å². The zero-order chi connectivity index (χ0) is 14.7. The molecule has 1 heterocycles. The van der Waals surface area contributed by atoms with E-state index in [2.05, 4.69) is 5.10 Å². The Labute approximate surface area is 124 Å². The smallest absolute Gasteiger partial charge is 0.0851 e. The highest BCUT2D eigenvalue weighted by molar-refractivity contribution is 6.31. The highest BCUT2D eigenvalue weighted by Gasteiger charge is 2.18. The monoisotopic (exact) mass is 293 g/mol. The van der Waals surface area contributed by atoms with E-state index < -0.39 is 6.10 Å². The van der Waals surface area contributed by atoms with Crippen LogP contribution in [0.3, 0.4) is 0 Å². The summed E-state index contributed by atoms with van der Waals surface area (Å²) in [4.78, 5) is 0. The van der Waals surface area contributed by atoms with E-state index in [-0.39, 0.29) is 0 Å². The van der Waals surface area contributed by atoms with Crippen LogP contribution in [0.15, 0.2) is 24.3 Å². The summed E-state index contributed by atoms with van der Waals surface area (Å²) in [7, 11) is 0. The molecule has 0 bridgehead atoms. The van der Waals surface area contributed by atoms with Crippen molar-refractivity contribution < 1.29 is 5.11 Å². The average Bonchev–Trinajstić information content (AvgIpc) is 2.75. The van der Waals surface area contributed by atoms with E-state index in [1.54, 1.807) is 12.1 Å². The molecule has 0 aliphatic heterocycles. The van der Waals surface area contributed by atoms with Crippen molar-refractivity contribution in [1.29, 1.82) is 0 Å². The van der Waals surface area contributed by atoms with Crippen molar-refractivity contribution in [3.8, 4) is 0 Å². The van der Waals surface area contributed by atoms with Gasteiger partial charge in [0.25, 0.3) is 0 Å². The third kappa shape index (κ3) is 2.97. The molecule has 20 heavy (non-hydrogen) atoms. The number of aliphatic hydroxyl groups is 1. The molecular weight excluding hydrogens is 274 g/mol. The number of nitrogens with zero attached hydrogens (tertiary/aromatic N) is 2. The number of hydrogen-bond acceptors (Lipinski definition) is 3. The van der Waals surface area contributed by atoms with Crippen LogP contribution < -0.4 is 5.73 Å². The first-order valence-electron chi connectivity index (χ1n) is 6.84. The quantitative estimate of drug-likeness (QED) is 0.833. The Hall–Kier alpha value is -1.52. The van der Waals surface area contributed by atoms with Crippen LogP contribution in [0.2, 0.25) is 5.02 Å². The number of rotatable bonds is 5. The van der Waals surface area contributed by atoms with Crippen molar-refractivity contribution in [2.45, 2.75) is 39.3 Å². The summed E-state index contributed by atoms with van der Waals surface area (Å²) < 4.78 is 1.86. The van der Waals surface area contributed by atoms with Crippen LogP contribution in [0, 0.1) is 0 Å². The Bertz CT molecular complexity index is 595. The highest BCUT2D eigenvalue weighted by Crippen LogP contribution is 2.27. The van der Waals surface area contributed by atoms with Crippen molar-refractivity contribution in [3.63, 3.8) is 0 Å². The minimum absolute atomic E-state index is 0.434. The van der Waals surface area contributed by atoms with Gasteiger partial charge in [-0.25, -0.2) is 0 Å². The molecular formula is C15H20ClN3O. The van der Waals surface area contributed by atoms with Gasteiger partial charge in [0, 0.05) is 18.7 Å². The van der Waals surface area contributed by atoms with E-state index in [9.17, 15) is 5.11 Å². The lowest BCUT2D eigenvalue weighted by molar-refractivity contribution is 0.175. The second kappa shape index (κ2) is 6.29. The molecule has 108 valence electrons. The van der Waals surface area contributed by atoms with Gasteiger partial charge >= 0.3 is 0 Å². The molecule has 0 saturated carbocycles. The van der Waals surface area contributed by atoms with Crippen molar-refractivity contribution in [2.75, 3.05) is 5.73 Å². The first-order valence-corrected chi connectivity index (χ1v) is 7.22. The number of aryl methyl sites for hydroxylation is 2. The summed E-state index contributed by atoms with van der Waals surface area (Å²) in [6.45, 7) is 4.77. The summed E-state index contributed by atoms with van der Waals surface area (Å²) in [5.74, 6) is 0. The van der Waals surface area contributed by atoms with E-state index in [0.29, 0.717) is 17.1 Å². The normalized spacial score (nSPS) is 12.6. The first kappa shape index (κ1) is 14.9. The molecule has 2 rings (SSSR count). The molecule has 1 aromatic heterocycles. The summed E-state index contributed by atoms with van der Waals surface area (Å²) in [6.07, 6.45) is 0.582. The van der Waals surface area contributed by atoms with E-state index in [4.69, 9.17) is 17.3 Å². The van der Waals surface area contributed by atoms with Crippen LogP contribution in [0.4, 0.5) is 5.69 Å². The Balaban J connectivity index is 2.27. The van der Waals surface area contributed by atoms with Crippen LogP contribution in [-0.2, 0) is 19.4 Å². The van der Waals surface area contributed by atoms with Gasteiger partial charge in [-0.3, -0.25) is 4.68 Å². The predicted octanol–water partition coefficient (Wildman–Crippen LogP) is 2.98. The zero-order valence-corrected chi connectivity index (χ0v) is 12.6. The first-order chi connectivity index (χ1) is 9.56. The average molecular weight is 294 g/mol. The number of aromatic nitrogens is 2. The molecule has 0 fully saturated rings. The maximum Gasteiger partial charge on any atom is 0.0851 e. The Morgan fingerprint density at radius 3 is 2.75 bits per heavy atom. The highest BCUT2D eigenvalue weighted by atomic mass is 35.5. The zero-order valence-electron chi connectivity index (χ0n) is 11.8. The molecule has 1 aromatic carbocycles. The fourth-order valence-corrected chi connectivity index (χ4v) is 2.63. The lowest BCUT2D eigenvalue weighted by atomic mass is 10.0. The van der Waals surface area contributed by atoms with Crippen molar-refractivity contribution >= 4 is 17.3 Å². The number of nitrogen functional groups attached to an aromatic ring is 1. The summed E-state index contributed by atoms with van der Waals surface area (Å²) >= 11 is 6.35. The van der Waals surface area contributed by atoms with E-state index in [0.717, 1.165) is 29.9 Å². The minimum atomic E-state index is -0.636. The van der Waals surface area contributed by atoms with Crippen LogP contribution in [-0.4, -0.2) is 14.9 Å². The van der Waals surface area contributed by atoms with Crippen LogP contribution >= 0.6 is 11.6 Å². The molecule has 1 atom stereocenters. The van der Waals surface area contributed by atoms with Gasteiger partial charge in [-0.05, 0) is 31.0 Å². The fraction of sp³-hybridized carbons (Fsp3) is 0.400. The van der Waals surface area contributed by atoms with E-state index in [1.165, 1.54) is 0 Å². The minimum Gasteiger partial charge on any atom is -0.399 e. The van der Waals surface area contributed by atoms with Gasteiger partial charge in [-0.15, -0.1) is 0 Å². The van der Waals surface area contributed by atoms with Crippen molar-refractivity contribution in [2.24, 2.45) is 0 Å². The molecule has 5 heteroatoms. The summed E-state index contributed by atoms with van der Waals surface area (Å²) in [5.41, 5.74) is 8.94. The SMILES string of the molecule is CCc1nn(CC)c(CC(O)c2cccc(N)c2)c1Cl. The number of benzene rings is 1. The standard InChI is InChI=1S/C15H20ClN3O/c1-3-12-15(16)13(19(4-2)18-12)9-14(20)10-6-5-7-11(17)8-10/h5-8,14,20H,3-4,9,17H2,1-2H3. The Morgan fingerprint density at radius 1 is 1.40 bits per heavy atom. The number of halogens is 1. The number of nitrogens with two attached hydrogens (primary N) is 1. The molecule has 1 unspecified atom stereocenters. The third-order valence-electron chi connectivity index (χ3n) is 3.38. The lowest BCUT2D eigenvalue weighted by Gasteiger charge is -2.13. The van der Waals surface area contributed by atoms with Crippen molar-refractivity contribution in [3.05, 3.63) is 46.2 Å². The topological polar surface area (TPSA) is 64.1 Å². The molecule has 0 amide bonds. The predicted molar refractivity (Wildman–Crippen MR) is 81.8 cm³/mol. The van der Waals surface area contributed by atoms with Crippen LogP contribution in [0.25, 0.3) is 0 Å². The molecule has 3 N–H and O–H groups in total. The Kier molecular flexibility index (Phi) is 4.68. The molecule has 0 radical (unpaired) electrons. The lowest BCUT2D eigenvalue weighted by Crippen LogP contribution is -2.09. The Morgan fingerprint density at radius 2 is 2.15 bits per heavy atom. The number of aliphatic hydroxyl groups excluding tert-OH is 1. The van der Waals surface area contributed by atoms with Crippen LogP contribution in [0.1, 0.15) is 36.9 Å². The second-order valence-corrected chi connectivity index (χ2v) is 5.14. The van der Waals surface area contributed by atoms with Gasteiger partial charge in [-0.1, -0.05) is 30.7 Å². The molecule has 0 saturated heterocycles. The molecule has 0 aliphatic rings. The van der Waals surface area contributed by atoms with Gasteiger partial charge < -0.3 is 10.8 Å². The molecule has 0 aliphatic carbocycles. The van der Waals surface area contributed by atoms with Crippen LogP contribution in [0.5, 0.6) is 0 Å². The van der Waals surface area contributed by atoms with Gasteiger partial charge in [-0.2, -0.15) is 5.10 Å². The molecule has 0 spiro atoms. The maximum atomic E-state index is 10.4. The van der Waals surface area contributed by atoms with E-state index in [1.807, 2.05) is 30.7 Å². The van der Waals surface area contributed by atoms with Crippen molar-refractivity contribution in [1.82, 2.24) is 9.78 Å². The molecule has 4 nitrogen and oxygen atoms in total. The largest absolute Gasteiger partial charge is 0.399 e. The van der Waals surface area contributed by atoms with Gasteiger partial charge in [0.1, 0.15) is 0 Å². The van der Waals surface area contributed by atoms with Gasteiger partial charge in [0.2, 0.25) is 0 Å².